The van der Waals surface area contributed by atoms with Gasteiger partial charge in [-0.2, -0.15) is 0 Å². The topological polar surface area (TPSA) is 51.8 Å². The molecule has 256 valence electrons. The molecule has 0 atom stereocenters. The van der Waals surface area contributed by atoms with Crippen molar-refractivity contribution < 1.29 is 4.42 Å². The van der Waals surface area contributed by atoms with Crippen LogP contribution in [0, 0.1) is 0 Å². The predicted octanol–water partition coefficient (Wildman–Crippen LogP) is 13.6. The monoisotopic (exact) mass is 701 g/mol. The summed E-state index contributed by atoms with van der Waals surface area (Å²) in [5.41, 5.74) is 9.04. The molecule has 0 N–H and O–H groups in total. The highest BCUT2D eigenvalue weighted by molar-refractivity contribution is 6.25. The summed E-state index contributed by atoms with van der Waals surface area (Å²) in [5, 5.41) is 9.70. The van der Waals surface area contributed by atoms with Crippen molar-refractivity contribution >= 4 is 54.3 Å². The molecule has 4 nitrogen and oxygen atoms in total. The Labute approximate surface area is 317 Å². The van der Waals surface area contributed by atoms with Crippen LogP contribution in [0.4, 0.5) is 0 Å². The molecule has 0 aliphatic rings. The van der Waals surface area contributed by atoms with Crippen LogP contribution in [-0.4, -0.2) is 15.0 Å². The highest BCUT2D eigenvalue weighted by atomic mass is 16.3. The van der Waals surface area contributed by atoms with Crippen molar-refractivity contribution in [2.24, 2.45) is 0 Å². The number of rotatable bonds is 5. The number of aromatic nitrogens is 3. The second-order valence-electron chi connectivity index (χ2n) is 14.0. The highest BCUT2D eigenvalue weighted by Gasteiger charge is 2.16. The molecular weight excluding hydrogens is 671 g/mol. The first-order chi connectivity index (χ1) is 27.2. The maximum atomic E-state index is 6.14. The van der Waals surface area contributed by atoms with Crippen molar-refractivity contribution in [3.63, 3.8) is 0 Å². The normalized spacial score (nSPS) is 11.6. The summed E-state index contributed by atoms with van der Waals surface area (Å²) < 4.78 is 6.14. The van der Waals surface area contributed by atoms with Gasteiger partial charge in [-0.05, 0) is 84.9 Å². The molecule has 0 unspecified atom stereocenters. The zero-order valence-electron chi connectivity index (χ0n) is 29.6. The summed E-state index contributed by atoms with van der Waals surface area (Å²) in [6.45, 7) is 0. The minimum atomic E-state index is 0.608. The van der Waals surface area contributed by atoms with Crippen LogP contribution < -0.4 is 0 Å². The SMILES string of the molecule is c1ccc(-c2ccc(-c3nc(-c4ccc(-c5ccc6c7ccccc7c7ccccc7c6c5)cc4)nc(-c4ccc5oc6ccccc6c5c4)n3)cc2)cc1. The van der Waals surface area contributed by atoms with Crippen LogP contribution in [0.3, 0.4) is 0 Å². The predicted molar refractivity (Wildman–Crippen MR) is 227 cm³/mol. The second kappa shape index (κ2) is 12.6. The summed E-state index contributed by atoms with van der Waals surface area (Å²) in [5.74, 6) is 1.85. The molecule has 11 aromatic rings. The van der Waals surface area contributed by atoms with Gasteiger partial charge in [0.15, 0.2) is 17.5 Å². The molecule has 9 aromatic carbocycles. The van der Waals surface area contributed by atoms with Gasteiger partial charge >= 0.3 is 0 Å². The Hall–Kier alpha value is -7.43. The lowest BCUT2D eigenvalue weighted by Gasteiger charge is -2.12. The lowest BCUT2D eigenvalue weighted by atomic mass is 9.92. The Morgan fingerprint density at radius 1 is 0.236 bits per heavy atom. The van der Waals surface area contributed by atoms with E-state index >= 15 is 0 Å². The highest BCUT2D eigenvalue weighted by Crippen LogP contribution is 2.38. The Morgan fingerprint density at radius 2 is 0.618 bits per heavy atom. The van der Waals surface area contributed by atoms with Crippen LogP contribution in [0.5, 0.6) is 0 Å². The summed E-state index contributed by atoms with van der Waals surface area (Å²) in [4.78, 5) is 15.2. The number of hydrogen-bond donors (Lipinski definition) is 0. The van der Waals surface area contributed by atoms with Crippen LogP contribution in [0.25, 0.3) is 111 Å². The van der Waals surface area contributed by atoms with Gasteiger partial charge in [-0.15, -0.1) is 0 Å². The van der Waals surface area contributed by atoms with Crippen LogP contribution >= 0.6 is 0 Å². The molecule has 55 heavy (non-hydrogen) atoms. The van der Waals surface area contributed by atoms with E-state index in [1.807, 2.05) is 36.4 Å². The fourth-order valence-corrected chi connectivity index (χ4v) is 7.97. The lowest BCUT2D eigenvalue weighted by molar-refractivity contribution is 0.669. The molecule has 11 rings (SSSR count). The fourth-order valence-electron chi connectivity index (χ4n) is 7.97. The fraction of sp³-hybridized carbons (Fsp3) is 0. The zero-order chi connectivity index (χ0) is 36.3. The number of fused-ring (bicyclic) bond motifs is 9. The molecule has 0 bridgehead atoms. The Kier molecular flexibility index (Phi) is 7.14. The molecule has 0 saturated heterocycles. The first-order valence-electron chi connectivity index (χ1n) is 18.5. The van der Waals surface area contributed by atoms with E-state index < -0.39 is 0 Å². The molecule has 0 spiro atoms. The van der Waals surface area contributed by atoms with E-state index in [1.54, 1.807) is 0 Å². The molecular formula is C51H31N3O. The van der Waals surface area contributed by atoms with Crippen molar-refractivity contribution in [3.05, 3.63) is 188 Å². The van der Waals surface area contributed by atoms with Crippen LogP contribution in [0.2, 0.25) is 0 Å². The van der Waals surface area contributed by atoms with E-state index in [2.05, 4.69) is 152 Å². The van der Waals surface area contributed by atoms with Crippen LogP contribution in [0.1, 0.15) is 0 Å². The van der Waals surface area contributed by atoms with Gasteiger partial charge in [0.2, 0.25) is 0 Å². The smallest absolute Gasteiger partial charge is 0.164 e. The Balaban J connectivity index is 1.02. The van der Waals surface area contributed by atoms with Gasteiger partial charge in [-0.1, -0.05) is 158 Å². The van der Waals surface area contributed by atoms with Gasteiger partial charge in [0, 0.05) is 27.5 Å². The van der Waals surface area contributed by atoms with E-state index in [1.165, 1.54) is 37.9 Å². The first kappa shape index (κ1) is 31.1. The van der Waals surface area contributed by atoms with Gasteiger partial charge in [0.1, 0.15) is 11.2 Å². The van der Waals surface area contributed by atoms with Crippen molar-refractivity contribution in [2.75, 3.05) is 0 Å². The number of benzene rings is 9. The third-order valence-electron chi connectivity index (χ3n) is 10.7. The first-order valence-corrected chi connectivity index (χ1v) is 18.5. The zero-order valence-corrected chi connectivity index (χ0v) is 29.6. The number of para-hydroxylation sites is 1. The van der Waals surface area contributed by atoms with E-state index in [9.17, 15) is 0 Å². The molecule has 0 saturated carbocycles. The van der Waals surface area contributed by atoms with Gasteiger partial charge in [0.05, 0.1) is 0 Å². The minimum absolute atomic E-state index is 0.608. The Morgan fingerprint density at radius 3 is 1.24 bits per heavy atom. The maximum absolute atomic E-state index is 6.14. The van der Waals surface area contributed by atoms with Gasteiger partial charge in [-0.25, -0.2) is 15.0 Å². The molecule has 0 aliphatic heterocycles. The number of nitrogens with zero attached hydrogens (tertiary/aromatic N) is 3. The summed E-state index contributed by atoms with van der Waals surface area (Å²) >= 11 is 0. The third-order valence-corrected chi connectivity index (χ3v) is 10.7. The van der Waals surface area contributed by atoms with Gasteiger partial charge in [-0.3, -0.25) is 0 Å². The quantitative estimate of drug-likeness (QED) is 0.168. The molecule has 2 heterocycles. The van der Waals surface area contributed by atoms with E-state index in [4.69, 9.17) is 19.4 Å². The molecule has 0 amide bonds. The van der Waals surface area contributed by atoms with Crippen molar-refractivity contribution in [1.82, 2.24) is 15.0 Å². The van der Waals surface area contributed by atoms with Crippen molar-refractivity contribution in [1.29, 1.82) is 0 Å². The number of furan rings is 1. The van der Waals surface area contributed by atoms with E-state index in [-0.39, 0.29) is 0 Å². The maximum Gasteiger partial charge on any atom is 0.164 e. The molecule has 0 fully saturated rings. The molecule has 2 aromatic heterocycles. The van der Waals surface area contributed by atoms with Crippen molar-refractivity contribution in [2.45, 2.75) is 0 Å². The standard InChI is InChI=1S/C51H31N3O/c1-2-10-32(11-3-1)33-18-22-35(23-19-33)49-52-50(54-51(53-49)38-27-29-48-46(31-38)44-16-8-9-17-47(44)55-48)36-24-20-34(21-25-36)37-26-28-43-41-14-5-4-12-39(41)40-13-6-7-15-42(40)45(43)30-37/h1-31H. The average molecular weight is 702 g/mol. The summed E-state index contributed by atoms with van der Waals surface area (Å²) in [6, 6.07) is 65.9. The molecule has 0 aliphatic carbocycles. The Bertz CT molecular complexity index is 3200. The second-order valence-corrected chi connectivity index (χ2v) is 14.0. The third kappa shape index (κ3) is 5.34. The largest absolute Gasteiger partial charge is 0.456 e. The van der Waals surface area contributed by atoms with Crippen LogP contribution in [0.15, 0.2) is 192 Å². The number of hydrogen-bond acceptors (Lipinski definition) is 4. The van der Waals surface area contributed by atoms with E-state index in [0.29, 0.717) is 17.5 Å². The van der Waals surface area contributed by atoms with E-state index in [0.717, 1.165) is 55.3 Å². The minimum Gasteiger partial charge on any atom is -0.456 e. The lowest BCUT2D eigenvalue weighted by Crippen LogP contribution is -2.00. The summed E-state index contributed by atoms with van der Waals surface area (Å²) in [6.07, 6.45) is 0. The molecule has 4 heteroatoms. The van der Waals surface area contributed by atoms with Gasteiger partial charge in [0.25, 0.3) is 0 Å². The van der Waals surface area contributed by atoms with Crippen LogP contribution in [-0.2, 0) is 0 Å². The summed E-state index contributed by atoms with van der Waals surface area (Å²) in [7, 11) is 0. The molecule has 0 radical (unpaired) electrons. The average Bonchev–Trinajstić information content (AvgIpc) is 3.65. The van der Waals surface area contributed by atoms with Crippen molar-refractivity contribution in [3.8, 4) is 56.4 Å². The van der Waals surface area contributed by atoms with Gasteiger partial charge < -0.3 is 4.42 Å².